The van der Waals surface area contributed by atoms with Crippen LogP contribution in [0, 0.1) is 29.1 Å². The van der Waals surface area contributed by atoms with Gasteiger partial charge in [0.1, 0.15) is 6.61 Å². The summed E-state index contributed by atoms with van der Waals surface area (Å²) >= 11 is 0. The molecule has 7 nitrogen and oxygen atoms in total. The smallest absolute Gasteiger partial charge is 0.246 e. The number of amides is 2. The summed E-state index contributed by atoms with van der Waals surface area (Å²) in [5, 5.41) is 14.5. The third-order valence-corrected chi connectivity index (χ3v) is 7.86. The molecule has 2 aliphatic carbocycles. The predicted molar refractivity (Wildman–Crippen MR) is 109 cm³/mol. The van der Waals surface area contributed by atoms with Crippen molar-refractivity contribution in [3.63, 3.8) is 0 Å². The molecule has 0 spiro atoms. The second kappa shape index (κ2) is 9.31. The minimum absolute atomic E-state index is 0.0365. The third-order valence-electron chi connectivity index (χ3n) is 7.86. The summed E-state index contributed by atoms with van der Waals surface area (Å²) in [5.41, 5.74) is 0.0551. The van der Waals surface area contributed by atoms with E-state index in [1.54, 1.807) is 0 Å². The molecule has 0 aromatic rings. The Morgan fingerprint density at radius 3 is 2.59 bits per heavy atom. The number of hydrogen-bond donors (Lipinski definition) is 2. The molecule has 0 unspecified atom stereocenters. The topological polar surface area (TPSA) is 88.1 Å². The van der Waals surface area contributed by atoms with Crippen LogP contribution in [-0.4, -0.2) is 74.0 Å². The molecule has 0 aromatic carbocycles. The minimum atomic E-state index is -0.536. The number of carbonyl (C=O) groups excluding carboxylic acids is 2. The number of nitrogens with zero attached hydrogens (tertiary/aromatic N) is 1. The van der Waals surface area contributed by atoms with Crippen LogP contribution in [0.5, 0.6) is 0 Å². The van der Waals surface area contributed by atoms with Crippen molar-refractivity contribution >= 4 is 11.8 Å². The minimum Gasteiger partial charge on any atom is -0.392 e. The number of carbonyl (C=O) groups is 2. The second-order valence-electron chi connectivity index (χ2n) is 9.60. The molecular formula is C22H38N2O5. The Bertz CT molecular complexity index is 594. The summed E-state index contributed by atoms with van der Waals surface area (Å²) < 4.78 is 10.3. The molecule has 0 bridgehead atoms. The molecule has 1 aliphatic heterocycles. The zero-order valence-corrected chi connectivity index (χ0v) is 18.4. The Morgan fingerprint density at radius 2 is 1.93 bits per heavy atom. The quantitative estimate of drug-likeness (QED) is 0.716. The number of nitrogens with one attached hydrogen (secondary N) is 1. The Balaban J connectivity index is 1.71. The van der Waals surface area contributed by atoms with Gasteiger partial charge >= 0.3 is 0 Å². The Morgan fingerprint density at radius 1 is 1.28 bits per heavy atom. The number of aliphatic hydroxyl groups excluding tert-OH is 1. The zero-order chi connectivity index (χ0) is 21.2. The second-order valence-corrected chi connectivity index (χ2v) is 9.60. The molecule has 2 amide bonds. The van der Waals surface area contributed by atoms with Crippen molar-refractivity contribution in [2.24, 2.45) is 29.1 Å². The fourth-order valence-electron chi connectivity index (χ4n) is 6.13. The molecule has 2 N–H and O–H groups in total. The maximum Gasteiger partial charge on any atom is 0.246 e. The summed E-state index contributed by atoms with van der Waals surface area (Å²) in [6.45, 7) is 8.89. The number of aliphatic hydroxyl groups is 1. The summed E-state index contributed by atoms with van der Waals surface area (Å²) in [5.74, 6) is 0.00321. The summed E-state index contributed by atoms with van der Waals surface area (Å²) in [4.78, 5) is 27.0. The zero-order valence-electron chi connectivity index (χ0n) is 18.4. The van der Waals surface area contributed by atoms with E-state index in [1.165, 1.54) is 7.11 Å². The molecule has 29 heavy (non-hydrogen) atoms. The van der Waals surface area contributed by atoms with Crippen molar-refractivity contribution in [2.45, 2.75) is 58.6 Å². The van der Waals surface area contributed by atoms with E-state index in [9.17, 15) is 14.7 Å². The van der Waals surface area contributed by atoms with E-state index in [2.05, 4.69) is 19.2 Å². The van der Waals surface area contributed by atoms with Gasteiger partial charge in [0.05, 0.1) is 19.3 Å². The summed E-state index contributed by atoms with van der Waals surface area (Å²) in [6, 6.07) is 0.0365. The van der Waals surface area contributed by atoms with Gasteiger partial charge in [-0.2, -0.15) is 0 Å². The Kier molecular flexibility index (Phi) is 7.23. The van der Waals surface area contributed by atoms with E-state index < -0.39 is 6.10 Å². The lowest BCUT2D eigenvalue weighted by Crippen LogP contribution is -2.59. The van der Waals surface area contributed by atoms with Gasteiger partial charge in [-0.15, -0.1) is 0 Å². The van der Waals surface area contributed by atoms with Crippen molar-refractivity contribution < 1.29 is 24.2 Å². The van der Waals surface area contributed by atoms with Crippen LogP contribution in [0.25, 0.3) is 0 Å². The average Bonchev–Trinajstić information content (AvgIpc) is 2.70. The van der Waals surface area contributed by atoms with Gasteiger partial charge in [-0.25, -0.2) is 0 Å². The number of rotatable bonds is 5. The van der Waals surface area contributed by atoms with Crippen LogP contribution in [0.4, 0.5) is 0 Å². The van der Waals surface area contributed by atoms with Crippen molar-refractivity contribution in [1.82, 2.24) is 10.2 Å². The van der Waals surface area contributed by atoms with E-state index in [1.807, 2.05) is 11.8 Å². The monoisotopic (exact) mass is 410 g/mol. The van der Waals surface area contributed by atoms with Crippen molar-refractivity contribution in [2.75, 3.05) is 40.0 Å². The first-order valence-corrected chi connectivity index (χ1v) is 11.1. The van der Waals surface area contributed by atoms with Crippen LogP contribution >= 0.6 is 0 Å². The van der Waals surface area contributed by atoms with Gasteiger partial charge in [0.25, 0.3) is 0 Å². The highest BCUT2D eigenvalue weighted by Gasteiger charge is 2.54. The molecule has 0 radical (unpaired) electrons. The number of fused-ring (bicyclic) bond motifs is 1. The van der Waals surface area contributed by atoms with Gasteiger partial charge < -0.3 is 24.8 Å². The average molecular weight is 411 g/mol. The largest absolute Gasteiger partial charge is 0.392 e. The SMILES string of the molecule is COCC(=O)N[C@H]1CC[C@]2(C)CC[C@H]([C@H](C)C(=O)N3CCOCC3)[C@H](O)[C@H]2[C@@H]1C. The Hall–Kier alpha value is -1.18. The van der Waals surface area contributed by atoms with Gasteiger partial charge in [0, 0.05) is 32.2 Å². The van der Waals surface area contributed by atoms with Gasteiger partial charge in [0.2, 0.25) is 11.8 Å². The summed E-state index contributed by atoms with van der Waals surface area (Å²) in [7, 11) is 1.52. The van der Waals surface area contributed by atoms with E-state index in [0.29, 0.717) is 26.3 Å². The normalized spacial score (nSPS) is 38.8. The maximum atomic E-state index is 13.0. The van der Waals surface area contributed by atoms with Crippen LogP contribution in [-0.2, 0) is 19.1 Å². The molecule has 7 atom stereocenters. The highest BCUT2D eigenvalue weighted by atomic mass is 16.5. The number of ether oxygens (including phenoxy) is 2. The van der Waals surface area contributed by atoms with Gasteiger partial charge in [-0.1, -0.05) is 20.8 Å². The highest BCUT2D eigenvalue weighted by molar-refractivity contribution is 5.79. The first-order chi connectivity index (χ1) is 13.8. The molecule has 2 saturated carbocycles. The standard InChI is InChI=1S/C22H38N2O5/c1-14(21(27)24-9-11-29-12-10-24)16-5-7-22(3)8-6-17(23-18(25)13-28-4)15(2)19(22)20(16)26/h14-17,19-20,26H,5-13H2,1-4H3,(H,23,25)/t14-,15+,16+,17-,19+,20-,22-/m0/s1. The molecule has 3 rings (SSSR count). The maximum absolute atomic E-state index is 13.0. The van der Waals surface area contributed by atoms with Gasteiger partial charge in [-0.05, 0) is 48.9 Å². The third kappa shape index (κ3) is 4.62. The molecule has 3 aliphatic rings. The molecule has 166 valence electrons. The molecule has 0 aromatic heterocycles. The first kappa shape index (κ1) is 22.5. The lowest BCUT2D eigenvalue weighted by Gasteiger charge is -2.56. The van der Waals surface area contributed by atoms with Crippen molar-refractivity contribution in [3.05, 3.63) is 0 Å². The van der Waals surface area contributed by atoms with E-state index in [4.69, 9.17) is 9.47 Å². The van der Waals surface area contributed by atoms with E-state index in [-0.39, 0.29) is 53.5 Å². The van der Waals surface area contributed by atoms with Crippen LogP contribution in [0.2, 0.25) is 0 Å². The highest BCUT2D eigenvalue weighted by Crippen LogP contribution is 2.55. The lowest BCUT2D eigenvalue weighted by molar-refractivity contribution is -0.154. The molecule has 3 fully saturated rings. The predicted octanol–water partition coefficient (Wildman–Crippen LogP) is 1.44. The van der Waals surface area contributed by atoms with Crippen molar-refractivity contribution in [1.29, 1.82) is 0 Å². The molecular weight excluding hydrogens is 372 g/mol. The fraction of sp³-hybridized carbons (Fsp3) is 0.909. The van der Waals surface area contributed by atoms with E-state index >= 15 is 0 Å². The van der Waals surface area contributed by atoms with Crippen LogP contribution in [0.3, 0.4) is 0 Å². The van der Waals surface area contributed by atoms with Gasteiger partial charge in [-0.3, -0.25) is 9.59 Å². The fourth-order valence-corrected chi connectivity index (χ4v) is 6.13. The molecule has 7 heteroatoms. The molecule has 1 saturated heterocycles. The summed E-state index contributed by atoms with van der Waals surface area (Å²) in [6.07, 6.45) is 3.26. The number of methoxy groups -OCH3 is 1. The molecule has 1 heterocycles. The van der Waals surface area contributed by atoms with Gasteiger partial charge in [0.15, 0.2) is 0 Å². The van der Waals surface area contributed by atoms with Crippen LogP contribution in [0.15, 0.2) is 0 Å². The number of morpholine rings is 1. The number of hydrogen-bond acceptors (Lipinski definition) is 5. The van der Waals surface area contributed by atoms with E-state index in [0.717, 1.165) is 25.7 Å². The first-order valence-electron chi connectivity index (χ1n) is 11.1. The Labute approximate surface area is 174 Å². The van der Waals surface area contributed by atoms with Crippen LogP contribution in [0.1, 0.15) is 46.5 Å². The van der Waals surface area contributed by atoms with Crippen molar-refractivity contribution in [3.8, 4) is 0 Å². The lowest BCUT2D eigenvalue weighted by atomic mass is 9.51. The van der Waals surface area contributed by atoms with Crippen LogP contribution < -0.4 is 5.32 Å².